The van der Waals surface area contributed by atoms with Crippen LogP contribution in [0.3, 0.4) is 0 Å². The molecule has 0 saturated heterocycles. The number of aromatic amines is 1. The smallest absolute Gasteiger partial charge is 0.134 e. The van der Waals surface area contributed by atoms with Gasteiger partial charge in [0.05, 0.1) is 6.20 Å². The van der Waals surface area contributed by atoms with Gasteiger partial charge in [0.25, 0.3) is 0 Å². The number of H-pyrrole nitrogens is 1. The Balaban J connectivity index is 2.07. The third-order valence-electron chi connectivity index (χ3n) is 2.99. The van der Waals surface area contributed by atoms with Gasteiger partial charge in [0.2, 0.25) is 0 Å². The molecule has 2 N–H and O–H groups in total. The fraction of sp³-hybridized carbons (Fsp3) is 0.231. The molecule has 0 aliphatic heterocycles. The van der Waals surface area contributed by atoms with E-state index >= 15 is 0 Å². The third kappa shape index (κ3) is 1.78. The van der Waals surface area contributed by atoms with Crippen molar-refractivity contribution >= 4 is 11.0 Å². The first-order chi connectivity index (χ1) is 8.78. The van der Waals surface area contributed by atoms with Crippen LogP contribution in [0.4, 0.5) is 0 Å². The Bertz CT molecular complexity index is 657. The van der Waals surface area contributed by atoms with Crippen LogP contribution in [0.15, 0.2) is 34.9 Å². The molecule has 1 atom stereocenters. The Morgan fingerprint density at radius 3 is 2.94 bits per heavy atom. The second-order valence-corrected chi connectivity index (χ2v) is 4.31. The van der Waals surface area contributed by atoms with E-state index in [9.17, 15) is 0 Å². The lowest BCUT2D eigenvalue weighted by Crippen LogP contribution is -2.17. The van der Waals surface area contributed by atoms with E-state index in [0.717, 1.165) is 22.4 Å². The number of hydrogen-bond donors (Lipinski definition) is 2. The van der Waals surface area contributed by atoms with Gasteiger partial charge >= 0.3 is 0 Å². The standard InChI is InChI=1S/C13H14N4O/c1-8-3-4-11-9(5-8)6-12(18-11)13(14-2)10-7-15-17-16-10/h3-7,13-14H,1-2H3,(H,15,16,17). The molecule has 0 aliphatic rings. The SMILES string of the molecule is CNC(c1cn[nH]n1)c1cc2cc(C)ccc2o1. The number of fused-ring (bicyclic) bond motifs is 1. The molecule has 2 heterocycles. The van der Waals surface area contributed by atoms with Crippen LogP contribution >= 0.6 is 0 Å². The van der Waals surface area contributed by atoms with Crippen LogP contribution in [-0.2, 0) is 0 Å². The second kappa shape index (κ2) is 4.27. The first kappa shape index (κ1) is 11.0. The molecule has 0 saturated carbocycles. The lowest BCUT2D eigenvalue weighted by atomic mass is 10.1. The highest BCUT2D eigenvalue weighted by atomic mass is 16.3. The number of rotatable bonds is 3. The number of nitrogens with zero attached hydrogens (tertiary/aromatic N) is 2. The van der Waals surface area contributed by atoms with E-state index in [4.69, 9.17) is 4.42 Å². The van der Waals surface area contributed by atoms with E-state index in [-0.39, 0.29) is 6.04 Å². The molecule has 0 amide bonds. The average Bonchev–Trinajstić information content (AvgIpc) is 2.98. The van der Waals surface area contributed by atoms with Gasteiger partial charge in [-0.05, 0) is 32.2 Å². The Hall–Kier alpha value is -2.14. The molecule has 0 bridgehead atoms. The van der Waals surface area contributed by atoms with Gasteiger partial charge in [0.15, 0.2) is 0 Å². The number of furan rings is 1. The summed E-state index contributed by atoms with van der Waals surface area (Å²) >= 11 is 0. The first-order valence-electron chi connectivity index (χ1n) is 5.81. The summed E-state index contributed by atoms with van der Waals surface area (Å²) in [7, 11) is 1.87. The van der Waals surface area contributed by atoms with Crippen LogP contribution in [0.2, 0.25) is 0 Å². The highest BCUT2D eigenvalue weighted by Gasteiger charge is 2.19. The van der Waals surface area contributed by atoms with Crippen molar-refractivity contribution in [1.29, 1.82) is 0 Å². The van der Waals surface area contributed by atoms with E-state index in [1.807, 2.05) is 25.2 Å². The second-order valence-electron chi connectivity index (χ2n) is 4.31. The van der Waals surface area contributed by atoms with E-state index in [0.29, 0.717) is 0 Å². The van der Waals surface area contributed by atoms with Gasteiger partial charge in [0, 0.05) is 5.39 Å². The molecule has 0 fully saturated rings. The largest absolute Gasteiger partial charge is 0.459 e. The van der Waals surface area contributed by atoms with Crippen molar-refractivity contribution in [2.24, 2.45) is 0 Å². The van der Waals surface area contributed by atoms with Gasteiger partial charge in [-0.1, -0.05) is 11.6 Å². The van der Waals surface area contributed by atoms with E-state index < -0.39 is 0 Å². The molecule has 1 aromatic carbocycles. The van der Waals surface area contributed by atoms with Gasteiger partial charge in [-0.3, -0.25) is 0 Å². The fourth-order valence-electron chi connectivity index (χ4n) is 2.11. The highest BCUT2D eigenvalue weighted by Crippen LogP contribution is 2.27. The van der Waals surface area contributed by atoms with Crippen molar-refractivity contribution in [3.05, 3.63) is 47.5 Å². The molecular weight excluding hydrogens is 228 g/mol. The van der Waals surface area contributed by atoms with E-state index in [1.54, 1.807) is 6.20 Å². The minimum Gasteiger partial charge on any atom is -0.459 e. The topological polar surface area (TPSA) is 66.7 Å². The lowest BCUT2D eigenvalue weighted by molar-refractivity contribution is 0.485. The van der Waals surface area contributed by atoms with Crippen molar-refractivity contribution in [3.8, 4) is 0 Å². The minimum absolute atomic E-state index is 0.0866. The number of aromatic nitrogens is 3. The van der Waals surface area contributed by atoms with Crippen molar-refractivity contribution in [2.45, 2.75) is 13.0 Å². The van der Waals surface area contributed by atoms with E-state index in [2.05, 4.69) is 33.7 Å². The molecular formula is C13H14N4O. The Kier molecular flexibility index (Phi) is 2.60. The third-order valence-corrected chi connectivity index (χ3v) is 2.99. The van der Waals surface area contributed by atoms with Gasteiger partial charge in [0.1, 0.15) is 23.1 Å². The summed E-state index contributed by atoms with van der Waals surface area (Å²) in [4.78, 5) is 0. The number of nitrogens with one attached hydrogen (secondary N) is 2. The Morgan fingerprint density at radius 1 is 1.33 bits per heavy atom. The maximum atomic E-state index is 5.86. The molecule has 0 aliphatic carbocycles. The van der Waals surface area contributed by atoms with Gasteiger partial charge in [-0.15, -0.1) is 0 Å². The van der Waals surface area contributed by atoms with Crippen LogP contribution in [0.25, 0.3) is 11.0 Å². The molecule has 2 aromatic heterocycles. The van der Waals surface area contributed by atoms with Crippen LogP contribution in [0, 0.1) is 6.92 Å². The maximum absolute atomic E-state index is 5.86. The van der Waals surface area contributed by atoms with Crippen LogP contribution in [0.5, 0.6) is 0 Å². The van der Waals surface area contributed by atoms with Gasteiger partial charge < -0.3 is 9.73 Å². The van der Waals surface area contributed by atoms with Crippen molar-refractivity contribution in [1.82, 2.24) is 20.7 Å². The molecule has 0 radical (unpaired) electrons. The molecule has 1 unspecified atom stereocenters. The summed E-state index contributed by atoms with van der Waals surface area (Å²) in [5, 5.41) is 14.8. The summed E-state index contributed by atoms with van der Waals surface area (Å²) in [5.41, 5.74) is 2.92. The maximum Gasteiger partial charge on any atom is 0.134 e. The number of benzene rings is 1. The molecule has 3 rings (SSSR count). The normalized spacial score (nSPS) is 13.0. The minimum atomic E-state index is -0.0866. The summed E-state index contributed by atoms with van der Waals surface area (Å²) in [6, 6.07) is 8.09. The van der Waals surface area contributed by atoms with E-state index in [1.165, 1.54) is 5.56 Å². The van der Waals surface area contributed by atoms with Gasteiger partial charge in [-0.25, -0.2) is 0 Å². The molecule has 5 heteroatoms. The Labute approximate surface area is 104 Å². The number of aryl methyl sites for hydroxylation is 1. The lowest BCUT2D eigenvalue weighted by Gasteiger charge is -2.08. The van der Waals surface area contributed by atoms with Crippen molar-refractivity contribution in [3.63, 3.8) is 0 Å². The molecule has 5 nitrogen and oxygen atoms in total. The quantitative estimate of drug-likeness (QED) is 0.738. The van der Waals surface area contributed by atoms with Crippen LogP contribution < -0.4 is 5.32 Å². The predicted molar refractivity (Wildman–Crippen MR) is 68.2 cm³/mol. The summed E-state index contributed by atoms with van der Waals surface area (Å²) in [6.45, 7) is 2.07. The zero-order valence-electron chi connectivity index (χ0n) is 10.3. The average molecular weight is 242 g/mol. The summed E-state index contributed by atoms with van der Waals surface area (Å²) < 4.78 is 5.86. The zero-order chi connectivity index (χ0) is 12.5. The molecule has 92 valence electrons. The van der Waals surface area contributed by atoms with Crippen LogP contribution in [0.1, 0.15) is 23.1 Å². The predicted octanol–water partition coefficient (Wildman–Crippen LogP) is 2.17. The summed E-state index contributed by atoms with van der Waals surface area (Å²) in [6.07, 6.45) is 1.69. The Morgan fingerprint density at radius 2 is 2.22 bits per heavy atom. The summed E-state index contributed by atoms with van der Waals surface area (Å²) in [5.74, 6) is 0.840. The molecule has 18 heavy (non-hydrogen) atoms. The fourth-order valence-corrected chi connectivity index (χ4v) is 2.11. The van der Waals surface area contributed by atoms with Gasteiger partial charge in [-0.2, -0.15) is 15.4 Å². The first-order valence-corrected chi connectivity index (χ1v) is 5.81. The van der Waals surface area contributed by atoms with Crippen LogP contribution in [-0.4, -0.2) is 22.5 Å². The molecule has 0 spiro atoms. The highest BCUT2D eigenvalue weighted by molar-refractivity contribution is 5.78. The zero-order valence-corrected chi connectivity index (χ0v) is 10.3. The monoisotopic (exact) mass is 242 g/mol. The van der Waals surface area contributed by atoms with Crippen molar-refractivity contribution in [2.75, 3.05) is 7.05 Å². The number of hydrogen-bond acceptors (Lipinski definition) is 4. The molecule has 3 aromatic rings. The van der Waals surface area contributed by atoms with Crippen molar-refractivity contribution < 1.29 is 4.42 Å².